The maximum Gasteiger partial charge on any atom is 0.0670 e. The second-order valence-electron chi connectivity index (χ2n) is 7.96. The van der Waals surface area contributed by atoms with E-state index in [1.165, 1.54) is 38.8 Å². The molecule has 1 aliphatic carbocycles. The maximum atomic E-state index is 10.0. The minimum Gasteiger partial charge on any atom is -0.392 e. The van der Waals surface area contributed by atoms with Crippen LogP contribution in [0.3, 0.4) is 0 Å². The summed E-state index contributed by atoms with van der Waals surface area (Å²) in [6.45, 7) is 8.10. The van der Waals surface area contributed by atoms with E-state index >= 15 is 0 Å². The monoisotopic (exact) mass is 280 g/mol. The molecule has 2 saturated heterocycles. The number of aliphatic hydroxyl groups excluding tert-OH is 1. The highest BCUT2D eigenvalue weighted by atomic mass is 16.3. The zero-order valence-electron chi connectivity index (χ0n) is 13.5. The van der Waals surface area contributed by atoms with Gasteiger partial charge in [-0.25, -0.2) is 0 Å². The predicted molar refractivity (Wildman–Crippen MR) is 82.7 cm³/mol. The van der Waals surface area contributed by atoms with Gasteiger partial charge in [-0.05, 0) is 63.8 Å². The second-order valence-corrected chi connectivity index (χ2v) is 7.96. The quantitative estimate of drug-likeness (QED) is 0.798. The Hall–Kier alpha value is -0.120. The van der Waals surface area contributed by atoms with Crippen LogP contribution >= 0.6 is 0 Å². The summed E-state index contributed by atoms with van der Waals surface area (Å²) in [6, 6.07) is 1.49. The van der Waals surface area contributed by atoms with Crippen LogP contribution in [0.5, 0.6) is 0 Å². The zero-order chi connectivity index (χ0) is 14.3. The minimum atomic E-state index is -0.0899. The average molecular weight is 280 g/mol. The van der Waals surface area contributed by atoms with Gasteiger partial charge in [0, 0.05) is 31.7 Å². The van der Waals surface area contributed by atoms with Gasteiger partial charge in [0.1, 0.15) is 0 Å². The van der Waals surface area contributed by atoms with Crippen LogP contribution in [-0.4, -0.2) is 59.8 Å². The number of likely N-dealkylation sites (tertiary alicyclic amines) is 2. The maximum absolute atomic E-state index is 10.0. The third-order valence-electron chi connectivity index (χ3n) is 6.21. The number of rotatable bonds is 1. The van der Waals surface area contributed by atoms with E-state index in [4.69, 9.17) is 0 Å². The van der Waals surface area contributed by atoms with Gasteiger partial charge in [0.25, 0.3) is 0 Å². The Labute approximate surface area is 124 Å². The summed E-state index contributed by atoms with van der Waals surface area (Å²) >= 11 is 0. The molecular weight excluding hydrogens is 248 g/mol. The molecule has 116 valence electrons. The summed E-state index contributed by atoms with van der Waals surface area (Å²) in [4.78, 5) is 5.16. The standard InChI is InChI=1S/C17H32N2O/c1-12-6-17(20)11-19(9-12)16-5-4-14-10-18(3)13(2)7-15(14)8-16/h12-17,20H,4-11H2,1-3H3/t12?,13-,14+,15+,16+,17?/m1/s1. The van der Waals surface area contributed by atoms with E-state index in [2.05, 4.69) is 30.7 Å². The molecule has 0 bridgehead atoms. The zero-order valence-corrected chi connectivity index (χ0v) is 13.5. The van der Waals surface area contributed by atoms with Crippen molar-refractivity contribution in [1.82, 2.24) is 9.80 Å². The van der Waals surface area contributed by atoms with Crippen molar-refractivity contribution >= 4 is 0 Å². The largest absolute Gasteiger partial charge is 0.392 e. The Morgan fingerprint density at radius 3 is 2.45 bits per heavy atom. The molecule has 3 nitrogen and oxygen atoms in total. The van der Waals surface area contributed by atoms with Crippen LogP contribution in [0.15, 0.2) is 0 Å². The Kier molecular flexibility index (Phi) is 4.40. The second kappa shape index (κ2) is 5.94. The Morgan fingerprint density at radius 1 is 0.900 bits per heavy atom. The van der Waals surface area contributed by atoms with Crippen molar-refractivity contribution in [2.75, 3.05) is 26.7 Å². The van der Waals surface area contributed by atoms with E-state index in [9.17, 15) is 5.11 Å². The summed E-state index contributed by atoms with van der Waals surface area (Å²) in [5, 5.41) is 10.0. The molecule has 0 aromatic heterocycles. The van der Waals surface area contributed by atoms with Crippen molar-refractivity contribution in [1.29, 1.82) is 0 Å². The number of hydrogen-bond donors (Lipinski definition) is 1. The number of piperidine rings is 2. The van der Waals surface area contributed by atoms with Gasteiger partial charge < -0.3 is 10.0 Å². The van der Waals surface area contributed by atoms with Crippen molar-refractivity contribution in [3.63, 3.8) is 0 Å². The highest BCUT2D eigenvalue weighted by molar-refractivity contribution is 4.93. The van der Waals surface area contributed by atoms with E-state index in [-0.39, 0.29) is 6.10 Å². The SMILES string of the molecule is CC1CC(O)CN([C@H]2CC[C@H]3CN(C)[C@H](C)C[C@H]3C2)C1. The van der Waals surface area contributed by atoms with Gasteiger partial charge in [0.2, 0.25) is 0 Å². The van der Waals surface area contributed by atoms with Gasteiger partial charge in [0.05, 0.1) is 6.10 Å². The van der Waals surface area contributed by atoms with Crippen molar-refractivity contribution in [3.05, 3.63) is 0 Å². The molecule has 0 radical (unpaired) electrons. The number of aliphatic hydroxyl groups is 1. The van der Waals surface area contributed by atoms with Crippen molar-refractivity contribution in [3.8, 4) is 0 Å². The van der Waals surface area contributed by atoms with Gasteiger partial charge in [-0.1, -0.05) is 6.92 Å². The number of β-amino-alcohol motifs (C(OH)–C–C–N with tert-alkyl or cyclic N) is 1. The van der Waals surface area contributed by atoms with Crippen LogP contribution < -0.4 is 0 Å². The van der Waals surface area contributed by atoms with Gasteiger partial charge in [-0.2, -0.15) is 0 Å². The molecule has 0 amide bonds. The van der Waals surface area contributed by atoms with E-state index < -0.39 is 0 Å². The Balaban J connectivity index is 1.60. The van der Waals surface area contributed by atoms with Crippen molar-refractivity contribution in [2.45, 2.75) is 64.1 Å². The van der Waals surface area contributed by atoms with Crippen LogP contribution in [0.25, 0.3) is 0 Å². The van der Waals surface area contributed by atoms with E-state index in [1.807, 2.05) is 0 Å². The highest BCUT2D eigenvalue weighted by Crippen LogP contribution is 2.40. The fourth-order valence-corrected chi connectivity index (χ4v) is 4.99. The fourth-order valence-electron chi connectivity index (χ4n) is 4.99. The summed E-state index contributed by atoms with van der Waals surface area (Å²) in [6.07, 6.45) is 6.41. The van der Waals surface area contributed by atoms with Crippen LogP contribution in [0.4, 0.5) is 0 Å². The van der Waals surface area contributed by atoms with E-state index in [1.54, 1.807) is 0 Å². The van der Waals surface area contributed by atoms with E-state index in [0.717, 1.165) is 36.9 Å². The summed E-state index contributed by atoms with van der Waals surface area (Å²) < 4.78 is 0. The molecule has 1 N–H and O–H groups in total. The lowest BCUT2D eigenvalue weighted by molar-refractivity contribution is -0.0190. The van der Waals surface area contributed by atoms with Gasteiger partial charge in [0.15, 0.2) is 0 Å². The molecule has 0 spiro atoms. The molecule has 2 aliphatic heterocycles. The summed E-state index contributed by atoms with van der Waals surface area (Å²) in [5.41, 5.74) is 0. The molecule has 3 fully saturated rings. The summed E-state index contributed by atoms with van der Waals surface area (Å²) in [7, 11) is 2.29. The highest BCUT2D eigenvalue weighted by Gasteiger charge is 2.39. The molecule has 3 rings (SSSR count). The normalized spacial score (nSPS) is 48.0. The number of nitrogens with zero attached hydrogens (tertiary/aromatic N) is 2. The molecule has 6 atom stereocenters. The lowest BCUT2D eigenvalue weighted by Gasteiger charge is -2.49. The van der Waals surface area contributed by atoms with Crippen molar-refractivity contribution < 1.29 is 5.11 Å². The van der Waals surface area contributed by atoms with Gasteiger partial charge in [-0.15, -0.1) is 0 Å². The molecule has 0 aromatic rings. The predicted octanol–water partition coefficient (Wildman–Crippen LogP) is 2.20. The first kappa shape index (κ1) is 14.8. The molecule has 0 aromatic carbocycles. The topological polar surface area (TPSA) is 26.7 Å². The molecule has 1 saturated carbocycles. The van der Waals surface area contributed by atoms with Crippen LogP contribution in [0.2, 0.25) is 0 Å². The molecule has 20 heavy (non-hydrogen) atoms. The third kappa shape index (κ3) is 3.05. The smallest absolute Gasteiger partial charge is 0.0670 e. The van der Waals surface area contributed by atoms with Crippen LogP contribution in [-0.2, 0) is 0 Å². The lowest BCUT2D eigenvalue weighted by atomic mass is 9.71. The number of hydrogen-bond acceptors (Lipinski definition) is 3. The minimum absolute atomic E-state index is 0.0899. The first-order chi connectivity index (χ1) is 9.52. The Morgan fingerprint density at radius 2 is 1.70 bits per heavy atom. The molecule has 2 heterocycles. The Bertz CT molecular complexity index is 325. The first-order valence-electron chi connectivity index (χ1n) is 8.65. The van der Waals surface area contributed by atoms with Crippen molar-refractivity contribution in [2.24, 2.45) is 17.8 Å². The first-order valence-corrected chi connectivity index (χ1v) is 8.65. The van der Waals surface area contributed by atoms with Gasteiger partial charge >= 0.3 is 0 Å². The average Bonchev–Trinajstić information content (AvgIpc) is 2.38. The molecule has 3 heteroatoms. The number of fused-ring (bicyclic) bond motifs is 1. The van der Waals surface area contributed by atoms with Crippen LogP contribution in [0, 0.1) is 17.8 Å². The third-order valence-corrected chi connectivity index (χ3v) is 6.21. The van der Waals surface area contributed by atoms with E-state index in [0.29, 0.717) is 5.92 Å². The van der Waals surface area contributed by atoms with Crippen LogP contribution in [0.1, 0.15) is 46.0 Å². The lowest BCUT2D eigenvalue weighted by Crippen LogP contribution is -2.53. The molecular formula is C17H32N2O. The summed E-state index contributed by atoms with van der Waals surface area (Å²) in [5.74, 6) is 2.52. The van der Waals surface area contributed by atoms with Gasteiger partial charge in [-0.3, -0.25) is 4.90 Å². The molecule has 2 unspecified atom stereocenters. The molecule has 3 aliphatic rings. The fraction of sp³-hybridized carbons (Fsp3) is 1.00.